The Morgan fingerprint density at radius 2 is 2.05 bits per heavy atom. The number of pyridine rings is 1. The third kappa shape index (κ3) is 3.56. The van der Waals surface area contributed by atoms with Crippen LogP contribution in [0.5, 0.6) is 0 Å². The van der Waals surface area contributed by atoms with Crippen LogP contribution in [0.3, 0.4) is 0 Å². The molecule has 0 aliphatic carbocycles. The number of benzene rings is 1. The summed E-state index contributed by atoms with van der Waals surface area (Å²) < 4.78 is 0. The van der Waals surface area contributed by atoms with Gasteiger partial charge < -0.3 is 0 Å². The third-order valence-electron chi connectivity index (χ3n) is 2.54. The van der Waals surface area contributed by atoms with E-state index in [0.717, 1.165) is 0 Å². The van der Waals surface area contributed by atoms with Gasteiger partial charge in [0.25, 0.3) is 5.91 Å². The molecule has 0 radical (unpaired) electrons. The lowest BCUT2D eigenvalue weighted by Gasteiger charge is -2.05. The molecule has 0 unspecified atom stereocenters. The summed E-state index contributed by atoms with van der Waals surface area (Å²) >= 11 is 11.9. The zero-order chi connectivity index (χ0) is 14.5. The minimum absolute atomic E-state index is 0.297. The fourth-order valence-electron chi connectivity index (χ4n) is 1.53. The van der Waals surface area contributed by atoms with Crippen LogP contribution in [0.2, 0.25) is 10.0 Å². The number of hydrogen-bond acceptors (Lipinski definition) is 3. The summed E-state index contributed by atoms with van der Waals surface area (Å²) in [7, 11) is 0. The van der Waals surface area contributed by atoms with Gasteiger partial charge in [-0.05, 0) is 31.2 Å². The summed E-state index contributed by atoms with van der Waals surface area (Å²) in [5, 5.41) is 5.03. The Labute approximate surface area is 126 Å². The molecule has 20 heavy (non-hydrogen) atoms. The first kappa shape index (κ1) is 14.5. The number of nitrogens with one attached hydrogen (secondary N) is 1. The topological polar surface area (TPSA) is 54.4 Å². The van der Waals surface area contributed by atoms with Gasteiger partial charge in [-0.3, -0.25) is 9.78 Å². The molecule has 0 spiro atoms. The number of carbonyl (C=O) groups is 1. The van der Waals surface area contributed by atoms with Crippen molar-refractivity contribution in [2.45, 2.75) is 6.92 Å². The molecule has 2 rings (SSSR count). The molecule has 0 aliphatic heterocycles. The predicted molar refractivity (Wildman–Crippen MR) is 80.4 cm³/mol. The lowest BCUT2D eigenvalue weighted by atomic mass is 10.1. The zero-order valence-corrected chi connectivity index (χ0v) is 12.1. The monoisotopic (exact) mass is 307 g/mol. The lowest BCUT2D eigenvalue weighted by Crippen LogP contribution is -2.20. The van der Waals surface area contributed by atoms with Crippen molar-refractivity contribution in [1.29, 1.82) is 0 Å². The molecule has 1 N–H and O–H groups in total. The first-order chi connectivity index (χ1) is 9.58. The minimum Gasteiger partial charge on any atom is -0.266 e. The van der Waals surface area contributed by atoms with Gasteiger partial charge in [-0.2, -0.15) is 5.10 Å². The Hall–Kier alpha value is -1.91. The number of nitrogens with zero attached hydrogens (tertiary/aromatic N) is 2. The van der Waals surface area contributed by atoms with E-state index in [2.05, 4.69) is 15.5 Å². The summed E-state index contributed by atoms with van der Waals surface area (Å²) in [6, 6.07) is 10.2. The zero-order valence-electron chi connectivity index (χ0n) is 10.6. The van der Waals surface area contributed by atoms with Crippen molar-refractivity contribution in [3.05, 3.63) is 63.9 Å². The van der Waals surface area contributed by atoms with Gasteiger partial charge in [0.2, 0.25) is 0 Å². The third-order valence-corrected chi connectivity index (χ3v) is 3.09. The highest BCUT2D eigenvalue weighted by atomic mass is 35.5. The van der Waals surface area contributed by atoms with Gasteiger partial charge in [0.1, 0.15) is 5.69 Å². The number of aromatic nitrogens is 1. The number of halogens is 2. The summed E-state index contributed by atoms with van der Waals surface area (Å²) in [5.74, 6) is -0.380. The molecular weight excluding hydrogens is 297 g/mol. The number of hydrazone groups is 1. The highest BCUT2D eigenvalue weighted by Crippen LogP contribution is 2.21. The molecule has 1 aromatic carbocycles. The van der Waals surface area contributed by atoms with E-state index < -0.39 is 0 Å². The molecule has 2 aromatic rings. The predicted octanol–water partition coefficient (Wildman–Crippen LogP) is 3.54. The molecule has 1 aromatic heterocycles. The van der Waals surface area contributed by atoms with Gasteiger partial charge in [-0.25, -0.2) is 5.43 Å². The van der Waals surface area contributed by atoms with Crippen molar-refractivity contribution >= 4 is 34.8 Å². The largest absolute Gasteiger partial charge is 0.289 e. The van der Waals surface area contributed by atoms with E-state index in [1.54, 1.807) is 49.5 Å². The lowest BCUT2D eigenvalue weighted by molar-refractivity contribution is 0.0950. The Balaban J connectivity index is 2.13. The first-order valence-corrected chi connectivity index (χ1v) is 6.54. The quantitative estimate of drug-likeness (QED) is 0.696. The van der Waals surface area contributed by atoms with Crippen LogP contribution in [0.4, 0.5) is 0 Å². The van der Waals surface area contributed by atoms with Crippen molar-refractivity contribution < 1.29 is 4.79 Å². The van der Waals surface area contributed by atoms with Crippen molar-refractivity contribution in [1.82, 2.24) is 10.4 Å². The molecule has 0 fully saturated rings. The molecule has 0 bridgehead atoms. The van der Waals surface area contributed by atoms with Gasteiger partial charge in [0, 0.05) is 16.8 Å². The molecule has 1 amide bonds. The molecule has 0 atom stereocenters. The van der Waals surface area contributed by atoms with E-state index in [1.807, 2.05) is 0 Å². The van der Waals surface area contributed by atoms with Crippen LogP contribution in [0.1, 0.15) is 23.0 Å². The average molecular weight is 308 g/mol. The van der Waals surface area contributed by atoms with E-state index in [9.17, 15) is 4.79 Å². The normalized spacial score (nSPS) is 11.2. The molecule has 0 saturated carbocycles. The van der Waals surface area contributed by atoms with Gasteiger partial charge in [0.15, 0.2) is 0 Å². The van der Waals surface area contributed by atoms with Gasteiger partial charge in [0.05, 0.1) is 10.7 Å². The van der Waals surface area contributed by atoms with Crippen molar-refractivity contribution in [2.75, 3.05) is 0 Å². The Morgan fingerprint density at radius 3 is 2.70 bits per heavy atom. The number of carbonyl (C=O) groups excluding carboxylic acids is 1. The van der Waals surface area contributed by atoms with E-state index >= 15 is 0 Å². The number of hydrogen-bond donors (Lipinski definition) is 1. The van der Waals surface area contributed by atoms with Crippen LogP contribution >= 0.6 is 23.2 Å². The van der Waals surface area contributed by atoms with Crippen LogP contribution in [-0.2, 0) is 0 Å². The van der Waals surface area contributed by atoms with E-state index in [0.29, 0.717) is 27.0 Å². The first-order valence-electron chi connectivity index (χ1n) is 5.79. The fourth-order valence-corrected chi connectivity index (χ4v) is 2.08. The van der Waals surface area contributed by atoms with Gasteiger partial charge in [-0.15, -0.1) is 0 Å². The fraction of sp³-hybridized carbons (Fsp3) is 0.0714. The van der Waals surface area contributed by atoms with Crippen LogP contribution < -0.4 is 5.43 Å². The summed E-state index contributed by atoms with van der Waals surface area (Å²) in [6.07, 6.45) is 1.54. The number of rotatable bonds is 3. The smallest absolute Gasteiger partial charge is 0.266 e. The van der Waals surface area contributed by atoms with Gasteiger partial charge >= 0.3 is 0 Å². The Morgan fingerprint density at radius 1 is 1.25 bits per heavy atom. The maximum atomic E-state index is 11.8. The van der Waals surface area contributed by atoms with E-state index in [1.165, 1.54) is 0 Å². The molecule has 0 saturated heterocycles. The second kappa shape index (κ2) is 6.50. The Kier molecular flexibility index (Phi) is 4.71. The molecular formula is C14H11Cl2N3O. The standard InChI is InChI=1S/C14H11Cl2N3O/c1-9(11-6-5-10(15)8-12(11)16)18-19-14(20)13-4-2-3-7-17-13/h2-8H,1H3,(H,19,20)/b18-9+. The maximum Gasteiger partial charge on any atom is 0.289 e. The molecule has 1 heterocycles. The molecule has 4 nitrogen and oxygen atoms in total. The van der Waals surface area contributed by atoms with Crippen LogP contribution in [0.15, 0.2) is 47.7 Å². The maximum absolute atomic E-state index is 11.8. The minimum atomic E-state index is -0.380. The van der Waals surface area contributed by atoms with Crippen LogP contribution in [0.25, 0.3) is 0 Å². The average Bonchev–Trinajstić information content (AvgIpc) is 2.45. The SMILES string of the molecule is C/C(=N\NC(=O)c1ccccn1)c1ccc(Cl)cc1Cl. The molecule has 102 valence electrons. The highest BCUT2D eigenvalue weighted by Gasteiger charge is 2.07. The van der Waals surface area contributed by atoms with Crippen molar-refractivity contribution in [2.24, 2.45) is 5.10 Å². The van der Waals surface area contributed by atoms with Crippen molar-refractivity contribution in [3.63, 3.8) is 0 Å². The summed E-state index contributed by atoms with van der Waals surface area (Å²) in [4.78, 5) is 15.7. The molecule has 6 heteroatoms. The van der Waals surface area contributed by atoms with E-state index in [4.69, 9.17) is 23.2 Å². The van der Waals surface area contributed by atoms with Gasteiger partial charge in [-0.1, -0.05) is 35.3 Å². The van der Waals surface area contributed by atoms with Crippen molar-refractivity contribution in [3.8, 4) is 0 Å². The Bertz CT molecular complexity index is 657. The van der Waals surface area contributed by atoms with Crippen LogP contribution in [0, 0.1) is 0 Å². The second-order valence-corrected chi connectivity index (χ2v) is 4.82. The summed E-state index contributed by atoms with van der Waals surface area (Å²) in [5.41, 5.74) is 4.02. The van der Waals surface area contributed by atoms with E-state index in [-0.39, 0.29) is 5.91 Å². The van der Waals surface area contributed by atoms with Crippen LogP contribution in [-0.4, -0.2) is 16.6 Å². The molecule has 0 aliphatic rings. The second-order valence-electron chi connectivity index (χ2n) is 3.98. The summed E-state index contributed by atoms with van der Waals surface area (Å²) in [6.45, 7) is 1.74. The highest BCUT2D eigenvalue weighted by molar-refractivity contribution is 6.37. The number of amides is 1.